The molecular weight excluding hydrogens is 320 g/mol. The summed E-state index contributed by atoms with van der Waals surface area (Å²) >= 11 is 0. The topological polar surface area (TPSA) is 83.4 Å². The van der Waals surface area contributed by atoms with Crippen LogP contribution in [0.25, 0.3) is 0 Å². The average Bonchev–Trinajstić information content (AvgIpc) is 2.96. The Hall–Kier alpha value is -2.90. The lowest BCUT2D eigenvalue weighted by Crippen LogP contribution is -2.38. The first-order valence-corrected chi connectivity index (χ1v) is 8.34. The summed E-state index contributed by atoms with van der Waals surface area (Å²) in [4.78, 5) is 31.5. The highest BCUT2D eigenvalue weighted by Gasteiger charge is 2.20. The molecule has 0 aliphatic carbocycles. The predicted molar refractivity (Wildman–Crippen MR) is 93.0 cm³/mol. The molecule has 0 unspecified atom stereocenters. The summed E-state index contributed by atoms with van der Waals surface area (Å²) in [5.41, 5.74) is 1.78. The SMILES string of the molecule is CC(=O)N1CCCN(C(=O)Nc2cccc(Cn3cncn3)c2)CC1. The summed E-state index contributed by atoms with van der Waals surface area (Å²) in [5.74, 6) is 0.0584. The molecule has 25 heavy (non-hydrogen) atoms. The largest absolute Gasteiger partial charge is 0.341 e. The summed E-state index contributed by atoms with van der Waals surface area (Å²) in [7, 11) is 0. The molecule has 3 rings (SSSR count). The van der Waals surface area contributed by atoms with Crippen LogP contribution in [-0.2, 0) is 11.3 Å². The number of rotatable bonds is 3. The van der Waals surface area contributed by atoms with E-state index in [0.717, 1.165) is 17.7 Å². The Morgan fingerprint density at radius 3 is 2.72 bits per heavy atom. The fourth-order valence-corrected chi connectivity index (χ4v) is 2.89. The van der Waals surface area contributed by atoms with Gasteiger partial charge in [0.05, 0.1) is 6.54 Å². The Morgan fingerprint density at radius 1 is 1.16 bits per heavy atom. The molecule has 0 saturated carbocycles. The number of hydrogen-bond acceptors (Lipinski definition) is 4. The summed E-state index contributed by atoms with van der Waals surface area (Å²) < 4.78 is 1.73. The zero-order valence-corrected chi connectivity index (χ0v) is 14.3. The third-order valence-corrected chi connectivity index (χ3v) is 4.22. The Bertz CT molecular complexity index is 730. The van der Waals surface area contributed by atoms with Gasteiger partial charge in [-0.25, -0.2) is 14.5 Å². The quantitative estimate of drug-likeness (QED) is 0.914. The van der Waals surface area contributed by atoms with Gasteiger partial charge in [0.25, 0.3) is 0 Å². The summed E-state index contributed by atoms with van der Waals surface area (Å²) in [6.07, 6.45) is 3.94. The fraction of sp³-hybridized carbons (Fsp3) is 0.412. The van der Waals surface area contributed by atoms with E-state index in [1.165, 1.54) is 6.33 Å². The van der Waals surface area contributed by atoms with Crippen LogP contribution in [0.1, 0.15) is 18.9 Å². The maximum absolute atomic E-state index is 12.5. The van der Waals surface area contributed by atoms with E-state index in [2.05, 4.69) is 15.4 Å². The molecule has 1 fully saturated rings. The molecule has 132 valence electrons. The van der Waals surface area contributed by atoms with Crippen molar-refractivity contribution in [1.82, 2.24) is 24.6 Å². The monoisotopic (exact) mass is 342 g/mol. The van der Waals surface area contributed by atoms with Crippen molar-refractivity contribution in [3.05, 3.63) is 42.5 Å². The lowest BCUT2D eigenvalue weighted by Gasteiger charge is -2.22. The van der Waals surface area contributed by atoms with Gasteiger partial charge in [0.2, 0.25) is 5.91 Å². The van der Waals surface area contributed by atoms with Crippen molar-refractivity contribution in [3.63, 3.8) is 0 Å². The third kappa shape index (κ3) is 4.56. The van der Waals surface area contributed by atoms with Gasteiger partial charge in [-0.15, -0.1) is 0 Å². The average molecular weight is 342 g/mol. The normalized spacial score (nSPS) is 14.9. The number of hydrogen-bond donors (Lipinski definition) is 1. The summed E-state index contributed by atoms with van der Waals surface area (Å²) in [6.45, 7) is 4.64. The molecule has 0 spiro atoms. The van der Waals surface area contributed by atoms with Crippen molar-refractivity contribution in [2.75, 3.05) is 31.5 Å². The van der Waals surface area contributed by atoms with Gasteiger partial charge in [-0.05, 0) is 24.1 Å². The van der Waals surface area contributed by atoms with Gasteiger partial charge in [-0.1, -0.05) is 12.1 Å². The second kappa shape index (κ2) is 7.78. The van der Waals surface area contributed by atoms with Gasteiger partial charge in [0, 0.05) is 38.8 Å². The van der Waals surface area contributed by atoms with E-state index >= 15 is 0 Å². The number of amides is 3. The molecule has 0 bridgehead atoms. The molecular formula is C17H22N6O2. The smallest absolute Gasteiger partial charge is 0.321 e. The number of benzene rings is 1. The molecule has 1 N–H and O–H groups in total. The number of urea groups is 1. The predicted octanol–water partition coefficient (Wildman–Crippen LogP) is 1.41. The Labute approximate surface area is 146 Å². The van der Waals surface area contributed by atoms with Gasteiger partial charge >= 0.3 is 6.03 Å². The first-order chi connectivity index (χ1) is 12.1. The third-order valence-electron chi connectivity index (χ3n) is 4.22. The molecule has 1 aliphatic heterocycles. The van der Waals surface area contributed by atoms with E-state index in [0.29, 0.717) is 32.7 Å². The van der Waals surface area contributed by atoms with Crippen molar-refractivity contribution in [2.24, 2.45) is 0 Å². The highest BCUT2D eigenvalue weighted by Crippen LogP contribution is 2.13. The van der Waals surface area contributed by atoms with Crippen molar-refractivity contribution in [1.29, 1.82) is 0 Å². The molecule has 1 saturated heterocycles. The van der Waals surface area contributed by atoms with Crippen molar-refractivity contribution in [2.45, 2.75) is 19.9 Å². The van der Waals surface area contributed by atoms with Gasteiger partial charge in [-0.3, -0.25) is 4.79 Å². The van der Waals surface area contributed by atoms with Gasteiger partial charge in [0.15, 0.2) is 0 Å². The maximum atomic E-state index is 12.5. The Kier molecular flexibility index (Phi) is 5.27. The van der Waals surface area contributed by atoms with Crippen LogP contribution in [0, 0.1) is 0 Å². The molecule has 2 heterocycles. The first-order valence-electron chi connectivity index (χ1n) is 8.34. The molecule has 0 atom stereocenters. The van der Waals surface area contributed by atoms with Crippen molar-refractivity contribution in [3.8, 4) is 0 Å². The van der Waals surface area contributed by atoms with Gasteiger partial charge in [0.1, 0.15) is 12.7 Å². The number of aromatic nitrogens is 3. The molecule has 1 aromatic carbocycles. The summed E-state index contributed by atoms with van der Waals surface area (Å²) in [6, 6.07) is 7.54. The minimum absolute atomic E-state index is 0.0584. The van der Waals surface area contributed by atoms with E-state index in [1.807, 2.05) is 24.3 Å². The first kappa shape index (κ1) is 16.9. The van der Waals surface area contributed by atoms with Crippen LogP contribution in [0.15, 0.2) is 36.9 Å². The highest BCUT2D eigenvalue weighted by molar-refractivity contribution is 5.89. The van der Waals surface area contributed by atoms with E-state index in [-0.39, 0.29) is 11.9 Å². The van der Waals surface area contributed by atoms with Crippen LogP contribution in [0.4, 0.5) is 10.5 Å². The number of nitrogens with one attached hydrogen (secondary N) is 1. The minimum Gasteiger partial charge on any atom is -0.341 e. The molecule has 3 amide bonds. The van der Waals surface area contributed by atoms with E-state index in [9.17, 15) is 9.59 Å². The molecule has 1 aromatic heterocycles. The lowest BCUT2D eigenvalue weighted by molar-refractivity contribution is -0.128. The molecule has 2 aromatic rings. The number of nitrogens with zero attached hydrogens (tertiary/aromatic N) is 5. The maximum Gasteiger partial charge on any atom is 0.321 e. The Morgan fingerprint density at radius 2 is 1.96 bits per heavy atom. The molecule has 8 nitrogen and oxygen atoms in total. The van der Waals surface area contributed by atoms with Crippen LogP contribution in [-0.4, -0.2) is 62.7 Å². The van der Waals surface area contributed by atoms with Crippen LogP contribution >= 0.6 is 0 Å². The number of anilines is 1. The second-order valence-corrected chi connectivity index (χ2v) is 6.07. The zero-order chi connectivity index (χ0) is 17.6. The van der Waals surface area contributed by atoms with Crippen molar-refractivity contribution >= 4 is 17.6 Å². The number of carbonyl (C=O) groups is 2. The van der Waals surface area contributed by atoms with Crippen LogP contribution in [0.3, 0.4) is 0 Å². The standard InChI is InChI=1S/C17H22N6O2/c1-14(24)21-6-3-7-22(9-8-21)17(25)20-16-5-2-4-15(10-16)11-23-13-18-12-19-23/h2,4-5,10,12-13H,3,6-9,11H2,1H3,(H,20,25). The minimum atomic E-state index is -0.136. The van der Waals surface area contributed by atoms with Crippen LogP contribution in [0.2, 0.25) is 0 Å². The zero-order valence-electron chi connectivity index (χ0n) is 14.3. The highest BCUT2D eigenvalue weighted by atomic mass is 16.2. The Balaban J connectivity index is 1.60. The van der Waals surface area contributed by atoms with Crippen molar-refractivity contribution < 1.29 is 9.59 Å². The molecule has 8 heteroatoms. The second-order valence-electron chi connectivity index (χ2n) is 6.07. The fourth-order valence-electron chi connectivity index (χ4n) is 2.89. The molecule has 0 radical (unpaired) electrons. The van der Waals surface area contributed by atoms with Crippen LogP contribution in [0.5, 0.6) is 0 Å². The van der Waals surface area contributed by atoms with Gasteiger partial charge < -0.3 is 15.1 Å². The lowest BCUT2D eigenvalue weighted by atomic mass is 10.2. The van der Waals surface area contributed by atoms with Crippen LogP contribution < -0.4 is 5.32 Å². The number of carbonyl (C=O) groups excluding carboxylic acids is 2. The van der Waals surface area contributed by atoms with E-state index in [4.69, 9.17) is 0 Å². The van der Waals surface area contributed by atoms with E-state index < -0.39 is 0 Å². The summed E-state index contributed by atoms with van der Waals surface area (Å²) in [5, 5.41) is 7.03. The van der Waals surface area contributed by atoms with Gasteiger partial charge in [-0.2, -0.15) is 5.10 Å². The van der Waals surface area contributed by atoms with E-state index in [1.54, 1.807) is 27.7 Å². The molecule has 1 aliphatic rings.